The van der Waals surface area contributed by atoms with E-state index in [1.54, 1.807) is 68.4 Å². The van der Waals surface area contributed by atoms with Crippen molar-refractivity contribution in [2.24, 2.45) is 5.41 Å². The molecule has 0 radical (unpaired) electrons. The van der Waals surface area contributed by atoms with Gasteiger partial charge in [0.15, 0.2) is 0 Å². The molecule has 8 nitrogen and oxygen atoms in total. The highest BCUT2D eigenvalue weighted by molar-refractivity contribution is 6.02. The molecule has 0 aliphatic heterocycles. The molecule has 0 bridgehead atoms. The van der Waals surface area contributed by atoms with Crippen molar-refractivity contribution in [3.05, 3.63) is 77.9 Å². The molecule has 0 saturated heterocycles. The summed E-state index contributed by atoms with van der Waals surface area (Å²) in [6.45, 7) is 3.32. The van der Waals surface area contributed by atoms with E-state index < -0.39 is 29.5 Å². The predicted octanol–water partition coefficient (Wildman–Crippen LogP) is 3.33. The van der Waals surface area contributed by atoms with Gasteiger partial charge in [-0.05, 0) is 29.8 Å². The van der Waals surface area contributed by atoms with Gasteiger partial charge in [-0.15, -0.1) is 0 Å². The van der Waals surface area contributed by atoms with E-state index in [0.29, 0.717) is 16.9 Å². The highest BCUT2D eigenvalue weighted by Gasteiger charge is 2.33. The number of aliphatic hydroxyl groups excluding tert-OH is 1. The van der Waals surface area contributed by atoms with Crippen molar-refractivity contribution in [3.8, 4) is 5.75 Å². The lowest BCUT2D eigenvalue weighted by atomic mass is 9.82. The van der Waals surface area contributed by atoms with Gasteiger partial charge in [0.2, 0.25) is 0 Å². The maximum atomic E-state index is 12.5. The van der Waals surface area contributed by atoms with Crippen LogP contribution in [0.5, 0.6) is 5.75 Å². The average molecular weight is 427 g/mol. The predicted molar refractivity (Wildman–Crippen MR) is 113 cm³/mol. The van der Waals surface area contributed by atoms with E-state index in [9.17, 15) is 14.4 Å². The van der Waals surface area contributed by atoms with Crippen LogP contribution in [-0.4, -0.2) is 41.4 Å². The van der Waals surface area contributed by atoms with Crippen molar-refractivity contribution < 1.29 is 34.1 Å². The van der Waals surface area contributed by atoms with E-state index in [-0.39, 0.29) is 13.2 Å². The Morgan fingerprint density at radius 2 is 1.81 bits per heavy atom. The van der Waals surface area contributed by atoms with Gasteiger partial charge < -0.3 is 19.7 Å². The van der Waals surface area contributed by atoms with Crippen molar-refractivity contribution in [1.82, 2.24) is 5.32 Å². The van der Waals surface area contributed by atoms with Crippen molar-refractivity contribution in [2.75, 3.05) is 13.2 Å². The van der Waals surface area contributed by atoms with Crippen LogP contribution in [0.2, 0.25) is 0 Å². The highest BCUT2D eigenvalue weighted by atomic mass is 16.6. The first-order valence-corrected chi connectivity index (χ1v) is 9.55. The van der Waals surface area contributed by atoms with E-state index in [4.69, 9.17) is 19.7 Å². The first-order valence-electron chi connectivity index (χ1n) is 9.55. The number of benzene rings is 2. The first-order chi connectivity index (χ1) is 14.7. The standard InChI is InChI=1S/C23H25NO7/c1-23(2,12-11-19(26)27)20(17-9-6-10-18(15-17)30-14-13-25)31-22(29)24-21(28)16-7-4-3-5-8-16/h3-12,15,20,25H,13-14H2,1-2H3,(H,26,27)(H,24,28,29)/b12-11+/t20-/m0/s1. The molecule has 3 N–H and O–H groups in total. The van der Waals surface area contributed by atoms with Crippen LogP contribution < -0.4 is 10.1 Å². The summed E-state index contributed by atoms with van der Waals surface area (Å²) in [6.07, 6.45) is 0.463. The number of carboxylic acids is 1. The summed E-state index contributed by atoms with van der Waals surface area (Å²) in [7, 11) is 0. The number of amides is 2. The first kappa shape index (κ1) is 23.6. The summed E-state index contributed by atoms with van der Waals surface area (Å²) >= 11 is 0. The zero-order chi connectivity index (χ0) is 22.9. The SMILES string of the molecule is CC(C)(/C=C/C(=O)O)[C@@H](OC(=O)NC(=O)c1ccccc1)c1cccc(OCCO)c1. The number of aliphatic hydroxyl groups is 1. The molecule has 0 aromatic heterocycles. The number of carbonyl (C=O) groups is 3. The van der Waals surface area contributed by atoms with E-state index in [0.717, 1.165) is 6.08 Å². The molecule has 2 aromatic carbocycles. The smallest absolute Gasteiger partial charge is 0.414 e. The average Bonchev–Trinajstić information content (AvgIpc) is 2.75. The monoisotopic (exact) mass is 427 g/mol. The second-order valence-corrected chi connectivity index (χ2v) is 7.24. The minimum Gasteiger partial charge on any atom is -0.491 e. The Balaban J connectivity index is 2.28. The molecule has 31 heavy (non-hydrogen) atoms. The lowest BCUT2D eigenvalue weighted by Crippen LogP contribution is -2.35. The summed E-state index contributed by atoms with van der Waals surface area (Å²) in [4.78, 5) is 35.8. The van der Waals surface area contributed by atoms with Crippen molar-refractivity contribution >= 4 is 18.0 Å². The number of alkyl carbamates (subject to hydrolysis) is 1. The summed E-state index contributed by atoms with van der Waals surface area (Å²) < 4.78 is 11.0. The van der Waals surface area contributed by atoms with Gasteiger partial charge in [0.05, 0.1) is 6.61 Å². The van der Waals surface area contributed by atoms with Gasteiger partial charge in [0.25, 0.3) is 5.91 Å². The molecule has 0 spiro atoms. The Morgan fingerprint density at radius 1 is 1.10 bits per heavy atom. The topological polar surface area (TPSA) is 122 Å². The summed E-state index contributed by atoms with van der Waals surface area (Å²) in [6, 6.07) is 14.9. The molecule has 0 heterocycles. The minimum atomic E-state index is -1.14. The van der Waals surface area contributed by atoms with Crippen LogP contribution in [0.1, 0.15) is 35.9 Å². The summed E-state index contributed by atoms with van der Waals surface area (Å²) in [5.74, 6) is -1.32. The van der Waals surface area contributed by atoms with Gasteiger partial charge in [0.1, 0.15) is 18.5 Å². The van der Waals surface area contributed by atoms with Gasteiger partial charge in [-0.25, -0.2) is 9.59 Å². The van der Waals surface area contributed by atoms with E-state index in [1.165, 1.54) is 6.08 Å². The fourth-order valence-electron chi connectivity index (χ4n) is 2.84. The molecule has 0 aliphatic carbocycles. The summed E-state index contributed by atoms with van der Waals surface area (Å²) in [5, 5.41) is 20.1. The van der Waals surface area contributed by atoms with Gasteiger partial charge in [-0.1, -0.05) is 50.3 Å². The molecule has 0 fully saturated rings. The largest absolute Gasteiger partial charge is 0.491 e. The second-order valence-electron chi connectivity index (χ2n) is 7.24. The van der Waals surface area contributed by atoms with Crippen LogP contribution in [0.4, 0.5) is 4.79 Å². The van der Waals surface area contributed by atoms with E-state index in [1.807, 2.05) is 0 Å². The Hall–Kier alpha value is -3.65. The number of carboxylic acid groups (broad SMARTS) is 1. The Morgan fingerprint density at radius 3 is 2.45 bits per heavy atom. The van der Waals surface area contributed by atoms with Gasteiger partial charge >= 0.3 is 12.1 Å². The Kier molecular flexibility index (Phi) is 8.33. The number of hydrogen-bond donors (Lipinski definition) is 3. The van der Waals surface area contributed by atoms with Crippen LogP contribution in [0.3, 0.4) is 0 Å². The fourth-order valence-corrected chi connectivity index (χ4v) is 2.84. The maximum Gasteiger partial charge on any atom is 0.414 e. The fraction of sp³-hybridized carbons (Fsp3) is 0.261. The van der Waals surface area contributed by atoms with Gasteiger partial charge in [-0.3, -0.25) is 10.1 Å². The quantitative estimate of drug-likeness (QED) is 0.525. The minimum absolute atomic E-state index is 0.0867. The zero-order valence-electron chi connectivity index (χ0n) is 17.3. The molecule has 2 rings (SSSR count). The lowest BCUT2D eigenvalue weighted by molar-refractivity contribution is -0.131. The molecule has 0 unspecified atom stereocenters. The third-order valence-electron chi connectivity index (χ3n) is 4.33. The van der Waals surface area contributed by atoms with Crippen molar-refractivity contribution in [1.29, 1.82) is 0 Å². The van der Waals surface area contributed by atoms with E-state index in [2.05, 4.69) is 5.32 Å². The van der Waals surface area contributed by atoms with Gasteiger partial charge in [0, 0.05) is 17.1 Å². The zero-order valence-corrected chi connectivity index (χ0v) is 17.3. The van der Waals surface area contributed by atoms with Gasteiger partial charge in [-0.2, -0.15) is 0 Å². The normalized spacial score (nSPS) is 12.2. The van der Waals surface area contributed by atoms with Crippen molar-refractivity contribution in [3.63, 3.8) is 0 Å². The molecule has 0 saturated carbocycles. The Labute approximate surface area is 180 Å². The molecular formula is C23H25NO7. The second kappa shape index (κ2) is 10.9. The lowest BCUT2D eigenvalue weighted by Gasteiger charge is -2.31. The van der Waals surface area contributed by atoms with Crippen LogP contribution in [0, 0.1) is 5.41 Å². The third-order valence-corrected chi connectivity index (χ3v) is 4.33. The molecule has 164 valence electrons. The Bertz CT molecular complexity index is 938. The van der Waals surface area contributed by atoms with Crippen molar-refractivity contribution in [2.45, 2.75) is 20.0 Å². The van der Waals surface area contributed by atoms with Crippen LogP contribution in [-0.2, 0) is 9.53 Å². The molecule has 2 amide bonds. The maximum absolute atomic E-state index is 12.5. The molecular weight excluding hydrogens is 402 g/mol. The molecule has 2 aromatic rings. The number of imide groups is 1. The number of aliphatic carboxylic acids is 1. The number of hydrogen-bond acceptors (Lipinski definition) is 6. The number of nitrogens with one attached hydrogen (secondary N) is 1. The van der Waals surface area contributed by atoms with E-state index >= 15 is 0 Å². The number of rotatable bonds is 9. The van der Waals surface area contributed by atoms with Crippen LogP contribution >= 0.6 is 0 Å². The van der Waals surface area contributed by atoms with Crippen LogP contribution in [0.25, 0.3) is 0 Å². The third kappa shape index (κ3) is 7.27. The van der Waals surface area contributed by atoms with Crippen LogP contribution in [0.15, 0.2) is 66.7 Å². The summed E-state index contributed by atoms with van der Waals surface area (Å²) in [5.41, 5.74) is -0.126. The molecule has 0 aliphatic rings. The molecule has 1 atom stereocenters. The number of carbonyl (C=O) groups excluding carboxylic acids is 2. The highest BCUT2D eigenvalue weighted by Crippen LogP contribution is 2.39. The number of ether oxygens (including phenoxy) is 2. The molecule has 8 heteroatoms.